The Morgan fingerprint density at radius 1 is 0.966 bits per heavy atom. The summed E-state index contributed by atoms with van der Waals surface area (Å²) in [5.74, 6) is 0.165. The summed E-state index contributed by atoms with van der Waals surface area (Å²) in [4.78, 5) is 2.51. The molecule has 2 rings (SSSR count). The van der Waals surface area contributed by atoms with Crippen molar-refractivity contribution < 1.29 is 0 Å². The molecule has 0 N–H and O–H groups in total. The van der Waals surface area contributed by atoms with Gasteiger partial charge in [0, 0.05) is 18.6 Å². The van der Waals surface area contributed by atoms with Crippen LogP contribution in [0.2, 0.25) is 10.0 Å². The molecule has 0 heterocycles. The third kappa shape index (κ3) is 5.76. The first-order chi connectivity index (χ1) is 13.7. The molecule has 0 saturated heterocycles. The molecule has 0 amide bonds. The average Bonchev–Trinajstić information content (AvgIpc) is 2.69. The minimum atomic E-state index is -0.585. The van der Waals surface area contributed by atoms with E-state index in [1.54, 1.807) is 6.07 Å². The van der Waals surface area contributed by atoms with Gasteiger partial charge in [0.1, 0.15) is 0 Å². The highest BCUT2D eigenvalue weighted by molar-refractivity contribution is 6.42. The van der Waals surface area contributed by atoms with E-state index in [9.17, 15) is 5.26 Å². The molecule has 0 aliphatic carbocycles. The predicted octanol–water partition coefficient (Wildman–Crippen LogP) is 7.49. The van der Waals surface area contributed by atoms with E-state index < -0.39 is 5.41 Å². The van der Waals surface area contributed by atoms with Gasteiger partial charge in [-0.25, -0.2) is 0 Å². The van der Waals surface area contributed by atoms with Crippen LogP contribution in [0.25, 0.3) is 0 Å². The Kier molecular flexibility index (Phi) is 8.58. The normalized spacial score (nSPS) is 14.8. The van der Waals surface area contributed by atoms with E-state index in [-0.39, 0.29) is 5.92 Å². The van der Waals surface area contributed by atoms with Crippen molar-refractivity contribution in [3.63, 3.8) is 0 Å². The van der Waals surface area contributed by atoms with E-state index in [4.69, 9.17) is 23.2 Å². The molecular formula is C25H32Cl2N2. The largest absolute Gasteiger partial charge is 0.294 e. The van der Waals surface area contributed by atoms with Crippen LogP contribution in [0.15, 0.2) is 48.5 Å². The van der Waals surface area contributed by atoms with Crippen LogP contribution < -0.4 is 0 Å². The van der Waals surface area contributed by atoms with Crippen LogP contribution in [0, 0.1) is 17.2 Å². The van der Waals surface area contributed by atoms with Gasteiger partial charge in [-0.3, -0.25) is 4.90 Å². The summed E-state index contributed by atoms with van der Waals surface area (Å²) in [7, 11) is 0. The number of hydrogen-bond donors (Lipinski definition) is 0. The lowest BCUT2D eigenvalue weighted by molar-refractivity contribution is 0.138. The maximum atomic E-state index is 10.2. The van der Waals surface area contributed by atoms with Crippen LogP contribution in [0.3, 0.4) is 0 Å². The summed E-state index contributed by atoms with van der Waals surface area (Å²) in [6, 6.07) is 19.6. The number of nitriles is 1. The van der Waals surface area contributed by atoms with Gasteiger partial charge in [-0.1, -0.05) is 73.4 Å². The number of benzene rings is 2. The van der Waals surface area contributed by atoms with Gasteiger partial charge in [-0.05, 0) is 62.8 Å². The number of rotatable bonds is 9. The van der Waals surface area contributed by atoms with Crippen LogP contribution in [0.4, 0.5) is 0 Å². The summed E-state index contributed by atoms with van der Waals surface area (Å²) in [6.45, 7) is 11.9. The van der Waals surface area contributed by atoms with Crippen molar-refractivity contribution in [2.24, 2.45) is 5.92 Å². The van der Waals surface area contributed by atoms with Crippen molar-refractivity contribution in [2.75, 3.05) is 0 Å². The lowest BCUT2D eigenvalue weighted by Crippen LogP contribution is -2.40. The molecule has 4 heteroatoms. The summed E-state index contributed by atoms with van der Waals surface area (Å²) in [6.07, 6.45) is 1.70. The molecule has 2 atom stereocenters. The monoisotopic (exact) mass is 430 g/mol. The fraction of sp³-hybridized carbons (Fsp3) is 0.480. The Labute approximate surface area is 186 Å². The minimum absolute atomic E-state index is 0.165. The second-order valence-electron chi connectivity index (χ2n) is 8.51. The summed E-state index contributed by atoms with van der Waals surface area (Å²) >= 11 is 12.4. The highest BCUT2D eigenvalue weighted by Gasteiger charge is 2.37. The van der Waals surface area contributed by atoms with Gasteiger partial charge >= 0.3 is 0 Å². The molecule has 29 heavy (non-hydrogen) atoms. The van der Waals surface area contributed by atoms with Crippen molar-refractivity contribution in [3.05, 3.63) is 69.7 Å². The molecule has 0 saturated carbocycles. The Morgan fingerprint density at radius 2 is 1.62 bits per heavy atom. The van der Waals surface area contributed by atoms with Crippen molar-refractivity contribution in [1.29, 1.82) is 5.26 Å². The maximum absolute atomic E-state index is 10.2. The SMILES string of the molecule is CC(C)N(Cc1ccccc1)C(C)CCC(C#N)(c1ccc(Cl)c(Cl)c1)C(C)C. The van der Waals surface area contributed by atoms with E-state index in [1.807, 2.05) is 18.2 Å². The highest BCUT2D eigenvalue weighted by atomic mass is 35.5. The van der Waals surface area contributed by atoms with Crippen LogP contribution in [0.1, 0.15) is 58.6 Å². The van der Waals surface area contributed by atoms with Crippen molar-refractivity contribution in [3.8, 4) is 6.07 Å². The number of hydrogen-bond acceptors (Lipinski definition) is 2. The van der Waals surface area contributed by atoms with E-state index in [0.29, 0.717) is 22.1 Å². The molecule has 0 fully saturated rings. The molecule has 0 aromatic heterocycles. The zero-order valence-electron chi connectivity index (χ0n) is 18.1. The molecule has 156 valence electrons. The van der Waals surface area contributed by atoms with Crippen molar-refractivity contribution in [2.45, 2.75) is 71.5 Å². The minimum Gasteiger partial charge on any atom is -0.294 e. The van der Waals surface area contributed by atoms with Gasteiger partial charge in [0.2, 0.25) is 0 Å². The lowest BCUT2D eigenvalue weighted by atomic mass is 9.69. The first kappa shape index (κ1) is 23.7. The van der Waals surface area contributed by atoms with Gasteiger partial charge < -0.3 is 0 Å². The lowest BCUT2D eigenvalue weighted by Gasteiger charge is -2.37. The average molecular weight is 431 g/mol. The molecule has 0 aliphatic heterocycles. The molecule has 2 unspecified atom stereocenters. The number of halogens is 2. The first-order valence-corrected chi connectivity index (χ1v) is 11.1. The van der Waals surface area contributed by atoms with E-state index in [1.165, 1.54) is 5.56 Å². The van der Waals surface area contributed by atoms with Gasteiger partial charge in [-0.15, -0.1) is 0 Å². The second-order valence-corrected chi connectivity index (χ2v) is 9.32. The predicted molar refractivity (Wildman–Crippen MR) is 124 cm³/mol. The fourth-order valence-corrected chi connectivity index (χ4v) is 4.33. The van der Waals surface area contributed by atoms with E-state index in [0.717, 1.165) is 24.9 Å². The highest BCUT2D eigenvalue weighted by Crippen LogP contribution is 2.39. The summed E-state index contributed by atoms with van der Waals surface area (Å²) in [5, 5.41) is 11.2. The maximum Gasteiger partial charge on any atom is 0.0846 e. The molecule has 0 bridgehead atoms. The zero-order chi connectivity index (χ0) is 21.6. The number of nitrogens with zero attached hydrogens (tertiary/aromatic N) is 2. The van der Waals surface area contributed by atoms with E-state index in [2.05, 4.69) is 69.9 Å². The molecule has 2 nitrogen and oxygen atoms in total. The quantitative estimate of drug-likeness (QED) is 0.411. The molecule has 0 radical (unpaired) electrons. The second kappa shape index (κ2) is 10.5. The van der Waals surface area contributed by atoms with Crippen LogP contribution >= 0.6 is 23.2 Å². The fourth-order valence-electron chi connectivity index (χ4n) is 4.03. The molecular weight excluding hydrogens is 399 g/mol. The van der Waals surface area contributed by atoms with Crippen LogP contribution in [-0.2, 0) is 12.0 Å². The molecule has 0 spiro atoms. The Hall–Kier alpha value is -1.53. The van der Waals surface area contributed by atoms with Crippen LogP contribution in [0.5, 0.6) is 0 Å². The van der Waals surface area contributed by atoms with Gasteiger partial charge in [0.25, 0.3) is 0 Å². The Balaban J connectivity index is 2.22. The van der Waals surface area contributed by atoms with Crippen molar-refractivity contribution >= 4 is 23.2 Å². The summed E-state index contributed by atoms with van der Waals surface area (Å²) in [5.41, 5.74) is 1.68. The summed E-state index contributed by atoms with van der Waals surface area (Å²) < 4.78 is 0. The standard InChI is InChI=1S/C25H32Cl2N2/c1-18(2)25(17-28,22-11-12-23(26)24(27)15-22)14-13-20(5)29(19(3)4)16-21-9-7-6-8-10-21/h6-12,15,18-20H,13-14,16H2,1-5H3. The Bertz CT molecular complexity index is 826. The first-order valence-electron chi connectivity index (χ1n) is 10.4. The topological polar surface area (TPSA) is 27.0 Å². The van der Waals surface area contributed by atoms with Crippen LogP contribution in [-0.4, -0.2) is 17.0 Å². The van der Waals surface area contributed by atoms with Crippen molar-refractivity contribution in [1.82, 2.24) is 4.90 Å². The molecule has 2 aromatic carbocycles. The molecule has 2 aromatic rings. The smallest absolute Gasteiger partial charge is 0.0846 e. The van der Waals surface area contributed by atoms with Gasteiger partial charge in [0.15, 0.2) is 0 Å². The van der Waals surface area contributed by atoms with Gasteiger partial charge in [-0.2, -0.15) is 5.26 Å². The zero-order valence-corrected chi connectivity index (χ0v) is 19.6. The van der Waals surface area contributed by atoms with E-state index >= 15 is 0 Å². The Morgan fingerprint density at radius 3 is 2.14 bits per heavy atom. The third-order valence-electron chi connectivity index (χ3n) is 6.01. The molecule has 0 aliphatic rings. The van der Waals surface area contributed by atoms with Gasteiger partial charge in [0.05, 0.1) is 21.5 Å². The third-order valence-corrected chi connectivity index (χ3v) is 6.75.